The molecule has 0 radical (unpaired) electrons. The minimum Gasteiger partial charge on any atom is -0.444 e. The van der Waals surface area contributed by atoms with E-state index < -0.39 is 5.60 Å². The van der Waals surface area contributed by atoms with E-state index in [4.69, 9.17) is 4.74 Å². The Morgan fingerprint density at radius 3 is 2.50 bits per heavy atom. The smallest absolute Gasteiger partial charge is 0.410 e. The van der Waals surface area contributed by atoms with Gasteiger partial charge in [0.1, 0.15) is 5.60 Å². The summed E-state index contributed by atoms with van der Waals surface area (Å²) >= 11 is 0. The molecule has 0 unspecified atom stereocenters. The normalized spacial score (nSPS) is 11.5. The van der Waals surface area contributed by atoms with Gasteiger partial charge in [-0.25, -0.2) is 4.79 Å². The molecule has 1 aromatic carbocycles. The van der Waals surface area contributed by atoms with Crippen LogP contribution in [0.15, 0.2) is 54.6 Å². The van der Waals surface area contributed by atoms with Crippen molar-refractivity contribution in [2.24, 2.45) is 0 Å². The van der Waals surface area contributed by atoms with Crippen LogP contribution < -0.4 is 0 Å². The van der Waals surface area contributed by atoms with E-state index in [1.54, 1.807) is 4.90 Å². The molecule has 0 heterocycles. The Hall–Kier alpha value is -2.03. The predicted molar refractivity (Wildman–Crippen MR) is 101 cm³/mol. The number of benzene rings is 1. The summed E-state index contributed by atoms with van der Waals surface area (Å²) < 4.78 is 5.54. The molecule has 0 aromatic heterocycles. The minimum atomic E-state index is -0.496. The molecule has 132 valence electrons. The summed E-state index contributed by atoms with van der Waals surface area (Å²) in [6.07, 6.45) is 6.83. The maximum Gasteiger partial charge on any atom is 0.410 e. The number of nitrogens with zero attached hydrogens (tertiary/aromatic N) is 1. The predicted octanol–water partition coefficient (Wildman–Crippen LogP) is 5.73. The van der Waals surface area contributed by atoms with Crippen LogP contribution in [0, 0.1) is 0 Å². The van der Waals surface area contributed by atoms with Crippen LogP contribution in [0.25, 0.3) is 0 Å². The number of unbranched alkanes of at least 4 members (excludes halogenated alkanes) is 1. The molecule has 0 bridgehead atoms. The lowest BCUT2D eigenvalue weighted by atomic mass is 10.1. The molecule has 0 aliphatic rings. The van der Waals surface area contributed by atoms with Gasteiger partial charge in [-0.2, -0.15) is 0 Å². The molecule has 3 nitrogen and oxygen atoms in total. The average molecular weight is 329 g/mol. The van der Waals surface area contributed by atoms with Gasteiger partial charge in [-0.05, 0) is 39.2 Å². The average Bonchev–Trinajstić information content (AvgIpc) is 2.51. The number of allylic oxidation sites excluding steroid dienone is 2. The fourth-order valence-electron chi connectivity index (χ4n) is 2.14. The zero-order valence-electron chi connectivity index (χ0n) is 15.5. The van der Waals surface area contributed by atoms with E-state index in [9.17, 15) is 4.79 Å². The third kappa shape index (κ3) is 8.56. The summed E-state index contributed by atoms with van der Waals surface area (Å²) in [6, 6.07) is 9.98. The van der Waals surface area contributed by atoms with Crippen molar-refractivity contribution in [3.8, 4) is 0 Å². The lowest BCUT2D eigenvalue weighted by Crippen LogP contribution is -2.37. The quantitative estimate of drug-likeness (QED) is 0.570. The Labute approximate surface area is 147 Å². The van der Waals surface area contributed by atoms with Gasteiger partial charge in [0.15, 0.2) is 0 Å². The number of rotatable bonds is 8. The third-order valence-electron chi connectivity index (χ3n) is 3.38. The molecule has 24 heavy (non-hydrogen) atoms. The highest BCUT2D eigenvalue weighted by molar-refractivity contribution is 5.68. The first-order chi connectivity index (χ1) is 11.3. The zero-order valence-corrected chi connectivity index (χ0v) is 15.5. The molecular formula is C21H31NO2. The minimum absolute atomic E-state index is 0.281. The van der Waals surface area contributed by atoms with Crippen molar-refractivity contribution >= 4 is 6.09 Å². The van der Waals surface area contributed by atoms with Gasteiger partial charge in [0, 0.05) is 13.1 Å². The standard InChI is InChI=1S/C21H31NO2/c1-6-7-9-12-18(2)15-16-22(20(23)24-21(3,4)5)17-19-13-10-8-11-14-19/h8-14H,2,6-7,15-17H2,1,3-5H3/b12-9-. The van der Waals surface area contributed by atoms with Crippen molar-refractivity contribution in [1.82, 2.24) is 4.90 Å². The van der Waals surface area contributed by atoms with E-state index in [0.717, 1.165) is 30.4 Å². The van der Waals surface area contributed by atoms with Gasteiger partial charge in [-0.3, -0.25) is 0 Å². The Morgan fingerprint density at radius 2 is 1.92 bits per heavy atom. The molecule has 0 N–H and O–H groups in total. The van der Waals surface area contributed by atoms with E-state index in [2.05, 4.69) is 25.7 Å². The van der Waals surface area contributed by atoms with Crippen LogP contribution in [0.5, 0.6) is 0 Å². The monoisotopic (exact) mass is 329 g/mol. The second kappa shape index (κ2) is 9.96. The summed E-state index contributed by atoms with van der Waals surface area (Å²) in [5.41, 5.74) is 1.63. The molecule has 0 spiro atoms. The molecule has 3 heteroatoms. The van der Waals surface area contributed by atoms with Crippen LogP contribution in [0.3, 0.4) is 0 Å². The van der Waals surface area contributed by atoms with Gasteiger partial charge in [-0.15, -0.1) is 0 Å². The lowest BCUT2D eigenvalue weighted by Gasteiger charge is -2.27. The second-order valence-electron chi connectivity index (χ2n) is 6.99. The highest BCUT2D eigenvalue weighted by Crippen LogP contribution is 2.14. The molecule has 0 fully saturated rings. The molecule has 0 aliphatic carbocycles. The van der Waals surface area contributed by atoms with E-state index >= 15 is 0 Å². The molecule has 0 atom stereocenters. The van der Waals surface area contributed by atoms with Gasteiger partial charge in [0.05, 0.1) is 0 Å². The number of carbonyl (C=O) groups excluding carboxylic acids is 1. The summed E-state index contributed by atoms with van der Waals surface area (Å²) in [4.78, 5) is 14.2. The number of carbonyl (C=O) groups is 1. The Balaban J connectivity index is 2.70. The molecule has 1 aromatic rings. The largest absolute Gasteiger partial charge is 0.444 e. The fraction of sp³-hybridized carbons (Fsp3) is 0.476. The SMILES string of the molecule is C=C(/C=C\CCC)CCN(Cc1ccccc1)C(=O)OC(C)(C)C. The van der Waals surface area contributed by atoms with Crippen LogP contribution in [0.2, 0.25) is 0 Å². The summed E-state index contributed by atoms with van der Waals surface area (Å²) in [6.45, 7) is 13.0. The number of amides is 1. The summed E-state index contributed by atoms with van der Waals surface area (Å²) in [5, 5.41) is 0. The third-order valence-corrected chi connectivity index (χ3v) is 3.38. The van der Waals surface area contributed by atoms with Gasteiger partial charge >= 0.3 is 6.09 Å². The van der Waals surface area contributed by atoms with Gasteiger partial charge < -0.3 is 9.64 Å². The first kappa shape index (κ1) is 20.0. The van der Waals surface area contributed by atoms with Crippen LogP contribution in [-0.4, -0.2) is 23.1 Å². The molecule has 1 rings (SSSR count). The van der Waals surface area contributed by atoms with Crippen molar-refractivity contribution in [3.05, 3.63) is 60.2 Å². The number of hydrogen-bond acceptors (Lipinski definition) is 2. The van der Waals surface area contributed by atoms with Crippen molar-refractivity contribution in [2.75, 3.05) is 6.54 Å². The Kier molecular flexibility index (Phi) is 8.31. The first-order valence-electron chi connectivity index (χ1n) is 8.68. The van der Waals surface area contributed by atoms with E-state index in [1.807, 2.05) is 51.1 Å². The van der Waals surface area contributed by atoms with Gasteiger partial charge in [0.2, 0.25) is 0 Å². The van der Waals surface area contributed by atoms with E-state index in [0.29, 0.717) is 13.1 Å². The highest BCUT2D eigenvalue weighted by atomic mass is 16.6. The van der Waals surface area contributed by atoms with Crippen molar-refractivity contribution < 1.29 is 9.53 Å². The Bertz CT molecular complexity index is 541. The van der Waals surface area contributed by atoms with Crippen molar-refractivity contribution in [1.29, 1.82) is 0 Å². The van der Waals surface area contributed by atoms with Crippen molar-refractivity contribution in [2.45, 2.75) is 59.1 Å². The number of hydrogen-bond donors (Lipinski definition) is 0. The molecular weight excluding hydrogens is 298 g/mol. The van der Waals surface area contributed by atoms with Crippen LogP contribution >= 0.6 is 0 Å². The van der Waals surface area contributed by atoms with Gasteiger partial charge in [0.25, 0.3) is 0 Å². The van der Waals surface area contributed by atoms with Crippen molar-refractivity contribution in [3.63, 3.8) is 0 Å². The fourth-order valence-corrected chi connectivity index (χ4v) is 2.14. The second-order valence-corrected chi connectivity index (χ2v) is 6.99. The first-order valence-corrected chi connectivity index (χ1v) is 8.68. The van der Waals surface area contributed by atoms with E-state index in [1.165, 1.54) is 0 Å². The topological polar surface area (TPSA) is 29.5 Å². The Morgan fingerprint density at radius 1 is 1.25 bits per heavy atom. The molecule has 1 amide bonds. The number of ether oxygens (including phenoxy) is 1. The van der Waals surface area contributed by atoms with Crippen LogP contribution in [0.1, 0.15) is 52.5 Å². The lowest BCUT2D eigenvalue weighted by molar-refractivity contribution is 0.0236. The maximum atomic E-state index is 12.5. The van der Waals surface area contributed by atoms with Gasteiger partial charge in [-0.1, -0.05) is 68.0 Å². The molecule has 0 saturated carbocycles. The summed E-state index contributed by atoms with van der Waals surface area (Å²) in [7, 11) is 0. The molecule has 0 saturated heterocycles. The van der Waals surface area contributed by atoms with E-state index in [-0.39, 0.29) is 6.09 Å². The maximum absolute atomic E-state index is 12.5. The van der Waals surface area contributed by atoms with Crippen LogP contribution in [-0.2, 0) is 11.3 Å². The van der Waals surface area contributed by atoms with Crippen LogP contribution in [0.4, 0.5) is 4.79 Å². The zero-order chi connectivity index (χ0) is 18.0. The highest BCUT2D eigenvalue weighted by Gasteiger charge is 2.22. The summed E-state index contributed by atoms with van der Waals surface area (Å²) in [5.74, 6) is 0. The molecule has 0 aliphatic heterocycles.